The number of nitrogens with zero attached hydrogens (tertiary/aromatic N) is 1. The molecule has 0 aliphatic carbocycles. The molecule has 18 heavy (non-hydrogen) atoms. The molecule has 1 atom stereocenters. The minimum absolute atomic E-state index is 0.0686. The number of carbonyl (C=O) groups is 1. The first-order valence-electron chi connectivity index (χ1n) is 5.86. The van der Waals surface area contributed by atoms with E-state index in [9.17, 15) is 9.90 Å². The zero-order chi connectivity index (χ0) is 13.1. The molecule has 0 saturated carbocycles. The van der Waals surface area contributed by atoms with Crippen LogP contribution in [0.2, 0.25) is 0 Å². The number of nitrogens with one attached hydrogen (secondary N) is 1. The minimum atomic E-state index is -1.19. The molecule has 1 aromatic carbocycles. The van der Waals surface area contributed by atoms with E-state index < -0.39 is 12.0 Å². The number of nitrogens with two attached hydrogens (primary N) is 1. The molecule has 1 fully saturated rings. The molecule has 1 heterocycles. The van der Waals surface area contributed by atoms with E-state index in [1.807, 2.05) is 0 Å². The predicted molar refractivity (Wildman–Crippen MR) is 67.8 cm³/mol. The quantitative estimate of drug-likeness (QED) is 0.598. The summed E-state index contributed by atoms with van der Waals surface area (Å²) in [4.78, 5) is 12.9. The summed E-state index contributed by atoms with van der Waals surface area (Å²) in [7, 11) is 0. The van der Waals surface area contributed by atoms with Crippen LogP contribution in [0.4, 0.5) is 5.69 Å². The molecule has 0 amide bonds. The Labute approximate surface area is 105 Å². The van der Waals surface area contributed by atoms with Gasteiger partial charge in [-0.1, -0.05) is 6.07 Å². The van der Waals surface area contributed by atoms with Crippen LogP contribution < -0.4 is 16.0 Å². The van der Waals surface area contributed by atoms with Gasteiger partial charge < -0.3 is 26.2 Å². The zero-order valence-corrected chi connectivity index (χ0v) is 9.97. The fourth-order valence-corrected chi connectivity index (χ4v) is 2.05. The first kappa shape index (κ1) is 12.7. The number of carboxylic acid groups (broad SMARTS) is 1. The summed E-state index contributed by atoms with van der Waals surface area (Å²) in [5.41, 5.74) is 6.61. The van der Waals surface area contributed by atoms with Crippen molar-refractivity contribution >= 4 is 11.7 Å². The van der Waals surface area contributed by atoms with Crippen LogP contribution in [0.25, 0.3) is 0 Å². The van der Waals surface area contributed by atoms with E-state index in [1.165, 1.54) is 0 Å². The lowest BCUT2D eigenvalue weighted by molar-refractivity contribution is -0.138. The maximum atomic E-state index is 10.8. The van der Waals surface area contributed by atoms with Crippen LogP contribution >= 0.6 is 0 Å². The Bertz CT molecular complexity index is 444. The predicted octanol–water partition coefficient (Wildman–Crippen LogP) is -0.114. The lowest BCUT2D eigenvalue weighted by Crippen LogP contribution is -2.43. The van der Waals surface area contributed by atoms with Gasteiger partial charge in [-0.15, -0.1) is 0 Å². The van der Waals surface area contributed by atoms with E-state index in [0.717, 1.165) is 31.9 Å². The monoisotopic (exact) mass is 251 g/mol. The molecule has 0 bridgehead atoms. The Morgan fingerprint density at radius 3 is 2.61 bits per heavy atom. The van der Waals surface area contributed by atoms with Crippen molar-refractivity contribution in [3.63, 3.8) is 0 Å². The maximum Gasteiger partial charge on any atom is 0.325 e. The average molecular weight is 251 g/mol. The zero-order valence-electron chi connectivity index (χ0n) is 9.97. The topological polar surface area (TPSA) is 98.8 Å². The van der Waals surface area contributed by atoms with Gasteiger partial charge in [0.15, 0.2) is 0 Å². The Kier molecular flexibility index (Phi) is 3.69. The summed E-state index contributed by atoms with van der Waals surface area (Å²) in [6, 6.07) is 3.75. The van der Waals surface area contributed by atoms with Gasteiger partial charge in [-0.2, -0.15) is 0 Å². The summed E-state index contributed by atoms with van der Waals surface area (Å²) in [6.07, 6.45) is 0. The van der Waals surface area contributed by atoms with E-state index in [-0.39, 0.29) is 11.3 Å². The standard InChI is InChI=1S/C12H17N3O3/c13-11(12(17)18)9-2-1-8(7-10(9)16)15-5-3-14-4-6-15/h1-2,7,11,14,16H,3-6,13H2,(H,17,18)/t11-/m0/s1. The van der Waals surface area contributed by atoms with Gasteiger partial charge in [-0.3, -0.25) is 4.79 Å². The molecule has 1 aliphatic heterocycles. The van der Waals surface area contributed by atoms with Gasteiger partial charge in [0.05, 0.1) is 0 Å². The number of aromatic hydroxyl groups is 1. The molecule has 6 nitrogen and oxygen atoms in total. The van der Waals surface area contributed by atoms with Gasteiger partial charge in [-0.25, -0.2) is 0 Å². The van der Waals surface area contributed by atoms with Crippen LogP contribution in [0, 0.1) is 0 Å². The molecule has 0 radical (unpaired) electrons. The van der Waals surface area contributed by atoms with Crippen molar-refractivity contribution in [2.45, 2.75) is 6.04 Å². The first-order chi connectivity index (χ1) is 8.59. The second kappa shape index (κ2) is 5.24. The number of anilines is 1. The number of carboxylic acids is 1. The van der Waals surface area contributed by atoms with Crippen LogP contribution in [0.15, 0.2) is 18.2 Å². The highest BCUT2D eigenvalue weighted by Crippen LogP contribution is 2.28. The second-order valence-electron chi connectivity index (χ2n) is 4.30. The smallest absolute Gasteiger partial charge is 0.325 e. The van der Waals surface area contributed by atoms with Crippen LogP contribution in [0.5, 0.6) is 5.75 Å². The molecular weight excluding hydrogens is 234 g/mol. The summed E-state index contributed by atoms with van der Waals surface area (Å²) < 4.78 is 0. The highest BCUT2D eigenvalue weighted by atomic mass is 16.4. The Hall–Kier alpha value is -1.79. The second-order valence-corrected chi connectivity index (χ2v) is 4.30. The van der Waals surface area contributed by atoms with Crippen LogP contribution in [-0.4, -0.2) is 42.4 Å². The van der Waals surface area contributed by atoms with Gasteiger partial charge in [0.2, 0.25) is 0 Å². The average Bonchev–Trinajstić information content (AvgIpc) is 2.38. The fraction of sp³-hybridized carbons (Fsp3) is 0.417. The molecule has 1 saturated heterocycles. The number of rotatable bonds is 3. The maximum absolute atomic E-state index is 10.8. The van der Waals surface area contributed by atoms with E-state index in [1.54, 1.807) is 18.2 Å². The van der Waals surface area contributed by atoms with Crippen molar-refractivity contribution in [3.05, 3.63) is 23.8 Å². The van der Waals surface area contributed by atoms with Crippen molar-refractivity contribution < 1.29 is 15.0 Å². The fourth-order valence-electron chi connectivity index (χ4n) is 2.05. The molecule has 0 aromatic heterocycles. The summed E-state index contributed by atoms with van der Waals surface area (Å²) in [5, 5.41) is 21.9. The van der Waals surface area contributed by atoms with Gasteiger partial charge in [0.25, 0.3) is 0 Å². The SMILES string of the molecule is N[C@H](C(=O)O)c1ccc(N2CCNCC2)cc1O. The minimum Gasteiger partial charge on any atom is -0.508 e. The van der Waals surface area contributed by atoms with Crippen molar-refractivity contribution in [1.29, 1.82) is 0 Å². The number of phenolic OH excluding ortho intramolecular Hbond substituents is 1. The molecule has 5 N–H and O–H groups in total. The normalized spacial score (nSPS) is 17.5. The number of aliphatic carboxylic acids is 1. The third-order valence-corrected chi connectivity index (χ3v) is 3.10. The van der Waals surface area contributed by atoms with E-state index in [4.69, 9.17) is 10.8 Å². The number of hydrogen-bond acceptors (Lipinski definition) is 5. The molecule has 1 aromatic rings. The first-order valence-corrected chi connectivity index (χ1v) is 5.86. The van der Waals surface area contributed by atoms with E-state index in [2.05, 4.69) is 10.2 Å². The summed E-state index contributed by atoms with van der Waals surface area (Å²) >= 11 is 0. The Morgan fingerprint density at radius 2 is 2.06 bits per heavy atom. The van der Waals surface area contributed by atoms with Crippen LogP contribution in [-0.2, 0) is 4.79 Å². The third-order valence-electron chi connectivity index (χ3n) is 3.10. The number of hydrogen-bond donors (Lipinski definition) is 4. The van der Waals surface area contributed by atoms with Crippen molar-refractivity contribution in [2.75, 3.05) is 31.1 Å². The highest BCUT2D eigenvalue weighted by molar-refractivity contribution is 5.76. The van der Waals surface area contributed by atoms with Crippen LogP contribution in [0.1, 0.15) is 11.6 Å². The van der Waals surface area contributed by atoms with Gasteiger partial charge in [0.1, 0.15) is 11.8 Å². The Balaban J connectivity index is 2.21. The van der Waals surface area contributed by atoms with Gasteiger partial charge >= 0.3 is 5.97 Å². The summed E-state index contributed by atoms with van der Waals surface area (Å²) in [5.74, 6) is -1.22. The van der Waals surface area contributed by atoms with Crippen LogP contribution in [0.3, 0.4) is 0 Å². The number of benzene rings is 1. The molecular formula is C12H17N3O3. The number of piperazine rings is 1. The largest absolute Gasteiger partial charge is 0.508 e. The molecule has 0 spiro atoms. The van der Waals surface area contributed by atoms with Gasteiger partial charge in [-0.05, 0) is 6.07 Å². The van der Waals surface area contributed by atoms with Crippen molar-refractivity contribution in [2.24, 2.45) is 5.73 Å². The third kappa shape index (κ3) is 2.55. The molecule has 6 heteroatoms. The van der Waals surface area contributed by atoms with Crippen molar-refractivity contribution in [3.8, 4) is 5.75 Å². The highest BCUT2D eigenvalue weighted by Gasteiger charge is 2.19. The molecule has 1 aliphatic rings. The summed E-state index contributed by atoms with van der Waals surface area (Å²) in [6.45, 7) is 3.53. The lowest BCUT2D eigenvalue weighted by atomic mass is 10.1. The molecule has 0 unspecified atom stereocenters. The Morgan fingerprint density at radius 1 is 1.39 bits per heavy atom. The molecule has 2 rings (SSSR count). The lowest BCUT2D eigenvalue weighted by Gasteiger charge is -2.29. The van der Waals surface area contributed by atoms with E-state index >= 15 is 0 Å². The number of phenols is 1. The van der Waals surface area contributed by atoms with Gasteiger partial charge in [0, 0.05) is 43.5 Å². The molecule has 98 valence electrons. The van der Waals surface area contributed by atoms with Crippen molar-refractivity contribution in [1.82, 2.24) is 5.32 Å². The van der Waals surface area contributed by atoms with E-state index in [0.29, 0.717) is 0 Å².